The fourth-order valence-corrected chi connectivity index (χ4v) is 7.86. The van der Waals surface area contributed by atoms with E-state index >= 15 is 0 Å². The zero-order valence-corrected chi connectivity index (χ0v) is 27.3. The Morgan fingerprint density at radius 1 is 0.936 bits per heavy atom. The van der Waals surface area contributed by atoms with Crippen molar-refractivity contribution in [1.82, 2.24) is 10.2 Å². The Balaban J connectivity index is 0.853. The summed E-state index contributed by atoms with van der Waals surface area (Å²) < 4.78 is 4.76. The molecular weight excluding hydrogens is 614 g/mol. The lowest BCUT2D eigenvalue weighted by molar-refractivity contribution is 0.0443. The first-order chi connectivity index (χ1) is 22.7. The number of fused-ring (bicyclic) bond motifs is 2. The van der Waals surface area contributed by atoms with Crippen LogP contribution in [-0.2, 0) is 17.8 Å². The molecule has 7 rings (SSSR count). The van der Waals surface area contributed by atoms with Crippen LogP contribution in [-0.4, -0.2) is 61.5 Å². The predicted octanol–water partition coefficient (Wildman–Crippen LogP) is 5.93. The second-order valence-electron chi connectivity index (χ2n) is 13.4. The maximum Gasteiger partial charge on any atom is 0.346 e. The van der Waals surface area contributed by atoms with Crippen LogP contribution in [0, 0.1) is 17.2 Å². The van der Waals surface area contributed by atoms with Crippen LogP contribution in [0.15, 0.2) is 54.6 Å². The van der Waals surface area contributed by atoms with E-state index in [1.165, 1.54) is 0 Å². The molecule has 1 saturated carbocycles. The predicted molar refractivity (Wildman–Crippen MR) is 180 cm³/mol. The van der Waals surface area contributed by atoms with E-state index in [0.717, 1.165) is 93.8 Å². The molecule has 3 heterocycles. The van der Waals surface area contributed by atoms with Crippen molar-refractivity contribution in [2.45, 2.75) is 63.7 Å². The molecule has 0 atom stereocenters. The van der Waals surface area contributed by atoms with Crippen molar-refractivity contribution in [2.75, 3.05) is 36.5 Å². The average molecular weight is 652 g/mol. The first-order valence-electron chi connectivity index (χ1n) is 16.5. The van der Waals surface area contributed by atoms with E-state index in [1.807, 2.05) is 36.4 Å². The van der Waals surface area contributed by atoms with Gasteiger partial charge in [0.2, 0.25) is 0 Å². The van der Waals surface area contributed by atoms with Crippen molar-refractivity contribution in [3.05, 3.63) is 93.0 Å². The number of benzene rings is 3. The highest BCUT2D eigenvalue weighted by atomic mass is 35.5. The molecular formula is C37H38ClN5O4. The summed E-state index contributed by atoms with van der Waals surface area (Å²) in [6, 6.07) is 19.8. The summed E-state index contributed by atoms with van der Waals surface area (Å²) in [5.74, 6) is -0.519. The number of nitrogens with one attached hydrogen (secondary N) is 1. The topological polar surface area (TPSA) is 106 Å². The molecule has 0 aromatic heterocycles. The van der Waals surface area contributed by atoms with Crippen LogP contribution >= 0.6 is 11.6 Å². The molecule has 47 heavy (non-hydrogen) atoms. The summed E-state index contributed by atoms with van der Waals surface area (Å²) in [5.41, 5.74) is 6.33. The lowest BCUT2D eigenvalue weighted by Gasteiger charge is -2.36. The quantitative estimate of drug-likeness (QED) is 0.248. The van der Waals surface area contributed by atoms with Crippen LogP contribution < -0.4 is 15.1 Å². The lowest BCUT2D eigenvalue weighted by Crippen LogP contribution is -2.43. The second kappa shape index (κ2) is 13.0. The summed E-state index contributed by atoms with van der Waals surface area (Å²) in [4.78, 5) is 44.0. The SMILES string of the molecule is CN(c1ccc(C#N)c(Cl)c1)[C@H]1CC[C@H](NC(=O)c2ccc(N3CCC(CN4Cc5cc6c(cc5C4)C(=O)OC6=O)CC3)cc2)CC1. The number of rotatable bonds is 7. The number of amides is 1. The van der Waals surface area contributed by atoms with Gasteiger partial charge in [-0.15, -0.1) is 0 Å². The van der Waals surface area contributed by atoms with E-state index in [0.29, 0.717) is 39.2 Å². The van der Waals surface area contributed by atoms with Gasteiger partial charge in [0.25, 0.3) is 5.91 Å². The number of esters is 2. The Morgan fingerprint density at radius 3 is 2.17 bits per heavy atom. The number of hydrogen-bond acceptors (Lipinski definition) is 8. The highest BCUT2D eigenvalue weighted by Crippen LogP contribution is 2.33. The maximum atomic E-state index is 13.1. The Bertz CT molecular complexity index is 1710. The van der Waals surface area contributed by atoms with Crippen molar-refractivity contribution in [1.29, 1.82) is 5.26 Å². The number of anilines is 2. The minimum absolute atomic E-state index is 0.0240. The molecule has 1 N–H and O–H groups in total. The Hall–Kier alpha value is -4.39. The van der Waals surface area contributed by atoms with Gasteiger partial charge in [0.15, 0.2) is 0 Å². The van der Waals surface area contributed by atoms with Crippen molar-refractivity contribution in [3.63, 3.8) is 0 Å². The zero-order chi connectivity index (χ0) is 32.7. The highest BCUT2D eigenvalue weighted by molar-refractivity contribution is 6.32. The van der Waals surface area contributed by atoms with Gasteiger partial charge in [-0.2, -0.15) is 5.26 Å². The van der Waals surface area contributed by atoms with Crippen molar-refractivity contribution < 1.29 is 19.1 Å². The number of carbonyl (C=O) groups excluding carboxylic acids is 3. The standard InChI is InChI=1S/C37H38ClN5O4/c1-41(31-9-4-25(19-39)34(38)18-31)29-10-5-28(6-11-29)40-35(44)24-2-7-30(8-3-24)43-14-12-23(13-15-43)20-42-21-26-16-32-33(17-27(26)22-42)37(46)47-36(32)45/h2-4,7-9,16-18,23,28-29H,5-6,10-15,20-22H2,1H3,(H,40,44)/t28-,29-. The number of nitriles is 1. The molecule has 2 fully saturated rings. The van der Waals surface area contributed by atoms with E-state index in [2.05, 4.69) is 45.3 Å². The van der Waals surface area contributed by atoms with Gasteiger partial charge in [-0.05, 0) is 110 Å². The molecule has 3 aliphatic heterocycles. The molecule has 1 saturated heterocycles. The molecule has 9 nitrogen and oxygen atoms in total. The third-order valence-corrected chi connectivity index (χ3v) is 10.8. The summed E-state index contributed by atoms with van der Waals surface area (Å²) in [5, 5.41) is 12.9. The second-order valence-corrected chi connectivity index (χ2v) is 13.8. The molecule has 1 aliphatic carbocycles. The van der Waals surface area contributed by atoms with Gasteiger partial charge >= 0.3 is 11.9 Å². The summed E-state index contributed by atoms with van der Waals surface area (Å²) in [6.07, 6.45) is 5.95. The van der Waals surface area contributed by atoms with E-state index in [-0.39, 0.29) is 11.9 Å². The number of nitrogens with zero attached hydrogens (tertiary/aromatic N) is 4. The van der Waals surface area contributed by atoms with Gasteiger partial charge in [0.1, 0.15) is 6.07 Å². The summed E-state index contributed by atoms with van der Waals surface area (Å²) >= 11 is 6.25. The van der Waals surface area contributed by atoms with E-state index in [1.54, 1.807) is 6.07 Å². The van der Waals surface area contributed by atoms with Crippen LogP contribution in [0.1, 0.15) is 86.3 Å². The Morgan fingerprint density at radius 2 is 1.57 bits per heavy atom. The number of ether oxygens (including phenoxy) is 1. The molecule has 0 bridgehead atoms. The number of piperidine rings is 1. The normalized spacial score (nSPS) is 21.2. The molecule has 242 valence electrons. The zero-order valence-electron chi connectivity index (χ0n) is 26.5. The monoisotopic (exact) mass is 651 g/mol. The van der Waals surface area contributed by atoms with Gasteiger partial charge in [-0.1, -0.05) is 11.6 Å². The molecule has 0 radical (unpaired) electrons. The fraction of sp³-hybridized carbons (Fsp3) is 0.405. The summed E-state index contributed by atoms with van der Waals surface area (Å²) in [7, 11) is 2.06. The van der Waals surface area contributed by atoms with Gasteiger partial charge < -0.3 is 19.9 Å². The molecule has 3 aromatic carbocycles. The number of carbonyl (C=O) groups is 3. The van der Waals surface area contributed by atoms with Crippen molar-refractivity contribution in [3.8, 4) is 6.07 Å². The van der Waals surface area contributed by atoms with Gasteiger partial charge in [-0.3, -0.25) is 9.69 Å². The number of cyclic esters (lactones) is 2. The van der Waals surface area contributed by atoms with E-state index in [9.17, 15) is 14.4 Å². The van der Waals surface area contributed by atoms with Gasteiger partial charge in [0, 0.05) is 68.8 Å². The first-order valence-corrected chi connectivity index (χ1v) is 16.9. The highest BCUT2D eigenvalue weighted by Gasteiger charge is 2.34. The van der Waals surface area contributed by atoms with E-state index < -0.39 is 11.9 Å². The van der Waals surface area contributed by atoms with Gasteiger partial charge in [0.05, 0.1) is 21.7 Å². The Labute approximate surface area is 280 Å². The fourth-order valence-electron chi connectivity index (χ4n) is 7.65. The minimum Gasteiger partial charge on any atom is -0.386 e. The summed E-state index contributed by atoms with van der Waals surface area (Å²) in [6.45, 7) is 4.52. The molecule has 10 heteroatoms. The molecule has 1 amide bonds. The van der Waals surface area contributed by atoms with Crippen LogP contribution in [0.5, 0.6) is 0 Å². The van der Waals surface area contributed by atoms with Crippen LogP contribution in [0.4, 0.5) is 11.4 Å². The lowest BCUT2D eigenvalue weighted by atomic mass is 9.90. The average Bonchev–Trinajstić information content (AvgIpc) is 3.61. The van der Waals surface area contributed by atoms with Crippen molar-refractivity contribution in [2.24, 2.45) is 5.92 Å². The third-order valence-electron chi connectivity index (χ3n) is 10.4. The third kappa shape index (κ3) is 6.45. The first kappa shape index (κ1) is 31.2. The molecule has 0 unspecified atom stereocenters. The van der Waals surface area contributed by atoms with Gasteiger partial charge in [-0.25, -0.2) is 9.59 Å². The smallest absolute Gasteiger partial charge is 0.346 e. The largest absolute Gasteiger partial charge is 0.386 e. The van der Waals surface area contributed by atoms with Crippen LogP contribution in [0.25, 0.3) is 0 Å². The van der Waals surface area contributed by atoms with Crippen LogP contribution in [0.2, 0.25) is 5.02 Å². The molecule has 4 aliphatic rings. The number of hydrogen-bond donors (Lipinski definition) is 1. The van der Waals surface area contributed by atoms with Crippen LogP contribution in [0.3, 0.4) is 0 Å². The Kier molecular flexibility index (Phi) is 8.65. The minimum atomic E-state index is -0.539. The van der Waals surface area contributed by atoms with E-state index in [4.69, 9.17) is 21.6 Å². The molecule has 3 aromatic rings. The van der Waals surface area contributed by atoms with Crippen molar-refractivity contribution >= 4 is 40.8 Å². The molecule has 0 spiro atoms. The maximum absolute atomic E-state index is 13.1. The number of halogens is 1.